The fourth-order valence-corrected chi connectivity index (χ4v) is 1.03. The molecule has 64 valence electrons. The van der Waals surface area contributed by atoms with Crippen LogP contribution in [0.4, 0.5) is 0 Å². The van der Waals surface area contributed by atoms with E-state index in [0.29, 0.717) is 0 Å². The Hall–Kier alpha value is -0.870. The molecule has 0 spiro atoms. The molecule has 1 aromatic rings. The van der Waals surface area contributed by atoms with Crippen LogP contribution in [0.25, 0.3) is 6.08 Å². The van der Waals surface area contributed by atoms with Gasteiger partial charge in [-0.2, -0.15) is 0 Å². The summed E-state index contributed by atoms with van der Waals surface area (Å²) in [5.41, 5.74) is 0.990. The number of thiol groups is 1. The van der Waals surface area contributed by atoms with E-state index < -0.39 is 9.64 Å². The van der Waals surface area contributed by atoms with Gasteiger partial charge in [0.25, 0.3) is 0 Å². The van der Waals surface area contributed by atoms with Crippen LogP contribution in [0.3, 0.4) is 0 Å². The minimum absolute atomic E-state index is 0.990. The maximum Gasteiger partial charge on any atom is 0.174 e. The van der Waals surface area contributed by atoms with Crippen LogP contribution in [0.15, 0.2) is 36.6 Å². The summed E-state index contributed by atoms with van der Waals surface area (Å²) in [6.45, 7) is 0. The zero-order chi connectivity index (χ0) is 8.81. The minimum atomic E-state index is -1.95. The molecule has 2 nitrogen and oxygen atoms in total. The maximum absolute atomic E-state index is 10.3. The van der Waals surface area contributed by atoms with Crippen LogP contribution in [0, 0.1) is 0 Å². The van der Waals surface area contributed by atoms with Crippen LogP contribution in [0.5, 0.6) is 0 Å². The van der Waals surface area contributed by atoms with Gasteiger partial charge in [-0.1, -0.05) is 30.3 Å². The molecule has 0 saturated carbocycles. The molecule has 0 aliphatic rings. The smallest absolute Gasteiger partial charge is 0.174 e. The molecule has 0 aliphatic carbocycles. The normalized spacial score (nSPS) is 13.0. The molecule has 0 saturated heterocycles. The topological polar surface area (TPSA) is 26.3 Å². The van der Waals surface area contributed by atoms with E-state index in [1.807, 2.05) is 30.3 Å². The molecule has 0 fully saturated rings. The van der Waals surface area contributed by atoms with Crippen molar-refractivity contribution in [2.24, 2.45) is 0 Å². The molecule has 1 rings (SSSR count). The van der Waals surface area contributed by atoms with Gasteiger partial charge in [-0.25, -0.2) is 4.21 Å². The predicted octanol–water partition coefficient (Wildman–Crippen LogP) is 1.53. The van der Waals surface area contributed by atoms with Gasteiger partial charge >= 0.3 is 0 Å². The van der Waals surface area contributed by atoms with Crippen LogP contribution in [-0.2, 0) is 25.0 Å². The van der Waals surface area contributed by atoms with Crippen molar-refractivity contribution in [2.75, 3.05) is 0 Å². The Balaban J connectivity index is 2.58. The molecular weight excluding hydrogens is 192 g/mol. The number of benzene rings is 1. The Morgan fingerprint density at radius 2 is 2.00 bits per heavy atom. The van der Waals surface area contributed by atoms with Gasteiger partial charge in [-0.15, -0.1) is 0 Å². The summed E-state index contributed by atoms with van der Waals surface area (Å²) in [5.74, 6) is 0. The van der Waals surface area contributed by atoms with Gasteiger partial charge in [0, 0.05) is 11.2 Å². The van der Waals surface area contributed by atoms with Crippen molar-refractivity contribution in [2.45, 2.75) is 0 Å². The number of hydrogen-bond acceptors (Lipinski definition) is 3. The molecule has 0 N–H and O–H groups in total. The molecule has 1 atom stereocenters. The van der Waals surface area contributed by atoms with Crippen molar-refractivity contribution < 1.29 is 8.39 Å². The zero-order valence-corrected chi connectivity index (χ0v) is 7.92. The van der Waals surface area contributed by atoms with Gasteiger partial charge in [0.1, 0.15) is 6.26 Å². The van der Waals surface area contributed by atoms with Crippen LogP contribution in [0.1, 0.15) is 5.56 Å². The van der Waals surface area contributed by atoms with Crippen LogP contribution in [-0.4, -0.2) is 4.21 Å². The minimum Gasteiger partial charge on any atom is -0.411 e. The first-order valence-corrected chi connectivity index (χ1v) is 5.51. The van der Waals surface area contributed by atoms with E-state index in [9.17, 15) is 4.21 Å². The van der Waals surface area contributed by atoms with E-state index in [0.717, 1.165) is 5.56 Å². The standard InChI is InChI=1S/C8H8O2S2/c9-12(11)10-7-6-8-4-2-1-3-5-8/h1-7,12H. The average molecular weight is 200 g/mol. The molecular formula is C8H8O2S2. The van der Waals surface area contributed by atoms with E-state index in [-0.39, 0.29) is 0 Å². The highest BCUT2D eigenvalue weighted by molar-refractivity contribution is 8.19. The lowest BCUT2D eigenvalue weighted by Gasteiger charge is -1.90. The monoisotopic (exact) mass is 200 g/mol. The Kier molecular flexibility index (Phi) is 3.76. The van der Waals surface area contributed by atoms with Gasteiger partial charge in [0.2, 0.25) is 0 Å². The largest absolute Gasteiger partial charge is 0.411 e. The SMILES string of the molecule is O=[SH](=S)OC=Cc1ccccc1. The van der Waals surface area contributed by atoms with Gasteiger partial charge in [0.05, 0.1) is 0 Å². The van der Waals surface area contributed by atoms with Crippen LogP contribution in [0.2, 0.25) is 0 Å². The molecule has 1 unspecified atom stereocenters. The van der Waals surface area contributed by atoms with Crippen molar-refractivity contribution in [1.29, 1.82) is 0 Å². The van der Waals surface area contributed by atoms with Crippen molar-refractivity contribution in [3.63, 3.8) is 0 Å². The molecule has 0 aromatic heterocycles. The summed E-state index contributed by atoms with van der Waals surface area (Å²) < 4.78 is 14.9. The first-order valence-electron chi connectivity index (χ1n) is 3.32. The van der Waals surface area contributed by atoms with Crippen molar-refractivity contribution >= 4 is 26.9 Å². The first kappa shape index (κ1) is 9.22. The molecule has 0 amide bonds. The Bertz CT molecular complexity index is 320. The van der Waals surface area contributed by atoms with Gasteiger partial charge < -0.3 is 4.18 Å². The van der Waals surface area contributed by atoms with Crippen molar-refractivity contribution in [3.8, 4) is 0 Å². The first-order chi connectivity index (χ1) is 5.79. The fourth-order valence-electron chi connectivity index (χ4n) is 0.723. The Labute approximate surface area is 77.8 Å². The van der Waals surface area contributed by atoms with Crippen LogP contribution >= 0.6 is 0 Å². The van der Waals surface area contributed by atoms with Crippen molar-refractivity contribution in [3.05, 3.63) is 42.2 Å². The summed E-state index contributed by atoms with van der Waals surface area (Å²) in [6.07, 6.45) is 3.06. The van der Waals surface area contributed by atoms with E-state index >= 15 is 0 Å². The highest BCUT2D eigenvalue weighted by atomic mass is 32.8. The second-order valence-electron chi connectivity index (χ2n) is 2.04. The number of hydrogen-bond donors (Lipinski definition) is 1. The van der Waals surface area contributed by atoms with E-state index in [1.165, 1.54) is 6.26 Å². The van der Waals surface area contributed by atoms with E-state index in [4.69, 9.17) is 0 Å². The highest BCUT2D eigenvalue weighted by Gasteiger charge is 1.81. The Morgan fingerprint density at radius 1 is 1.33 bits per heavy atom. The second kappa shape index (κ2) is 4.90. The average Bonchev–Trinajstić information content (AvgIpc) is 2.05. The quantitative estimate of drug-likeness (QED) is 0.592. The van der Waals surface area contributed by atoms with Crippen molar-refractivity contribution in [1.82, 2.24) is 0 Å². The molecule has 4 heteroatoms. The summed E-state index contributed by atoms with van der Waals surface area (Å²) in [5, 5.41) is 0. The predicted molar refractivity (Wildman–Crippen MR) is 53.5 cm³/mol. The Morgan fingerprint density at radius 3 is 2.58 bits per heavy atom. The third kappa shape index (κ3) is 3.50. The molecule has 12 heavy (non-hydrogen) atoms. The maximum atomic E-state index is 10.3. The summed E-state index contributed by atoms with van der Waals surface area (Å²) in [4.78, 5) is 0. The third-order valence-corrected chi connectivity index (χ3v) is 1.76. The van der Waals surface area contributed by atoms with E-state index in [1.54, 1.807) is 6.08 Å². The molecule has 0 aliphatic heterocycles. The van der Waals surface area contributed by atoms with E-state index in [2.05, 4.69) is 15.4 Å². The second-order valence-corrected chi connectivity index (χ2v) is 3.59. The zero-order valence-electron chi connectivity index (χ0n) is 6.21. The summed E-state index contributed by atoms with van der Waals surface area (Å²) in [7, 11) is -1.95. The molecule has 0 heterocycles. The number of rotatable bonds is 3. The van der Waals surface area contributed by atoms with Crippen LogP contribution < -0.4 is 0 Å². The lowest BCUT2D eigenvalue weighted by atomic mass is 10.2. The lowest BCUT2D eigenvalue weighted by Crippen LogP contribution is -1.74. The molecule has 1 aromatic carbocycles. The molecule has 0 radical (unpaired) electrons. The highest BCUT2D eigenvalue weighted by Crippen LogP contribution is 2.00. The lowest BCUT2D eigenvalue weighted by molar-refractivity contribution is 0.525. The van der Waals surface area contributed by atoms with Gasteiger partial charge in [-0.05, 0) is 11.6 Å². The summed E-state index contributed by atoms with van der Waals surface area (Å²) >= 11 is 4.33. The van der Waals surface area contributed by atoms with Gasteiger partial charge in [-0.3, -0.25) is 0 Å². The fraction of sp³-hybridized carbons (Fsp3) is 0. The van der Waals surface area contributed by atoms with Gasteiger partial charge in [0.15, 0.2) is 9.64 Å². The molecule has 0 bridgehead atoms. The summed E-state index contributed by atoms with van der Waals surface area (Å²) in [6, 6.07) is 9.57. The third-order valence-electron chi connectivity index (χ3n) is 1.21.